The lowest BCUT2D eigenvalue weighted by Gasteiger charge is -2.16. The summed E-state index contributed by atoms with van der Waals surface area (Å²) in [5.74, 6) is -1.77. The first kappa shape index (κ1) is 23.9. The Kier molecular flexibility index (Phi) is 7.43. The van der Waals surface area contributed by atoms with Crippen LogP contribution in [0.2, 0.25) is 0 Å². The lowest BCUT2D eigenvalue weighted by atomic mass is 10.2. The van der Waals surface area contributed by atoms with Crippen molar-refractivity contribution in [3.63, 3.8) is 0 Å². The Morgan fingerprint density at radius 3 is 2.52 bits per heavy atom. The number of rotatable bonds is 10. The molecule has 33 heavy (non-hydrogen) atoms. The fourth-order valence-electron chi connectivity index (χ4n) is 2.93. The predicted molar refractivity (Wildman–Crippen MR) is 119 cm³/mol. The van der Waals surface area contributed by atoms with Gasteiger partial charge in [0.05, 0.1) is 11.1 Å². The lowest BCUT2D eigenvalue weighted by molar-refractivity contribution is -0.138. The molecule has 11 nitrogen and oxygen atoms in total. The second-order valence-corrected chi connectivity index (χ2v) is 8.63. The fourth-order valence-corrected chi connectivity index (χ4v) is 4.14. The van der Waals surface area contributed by atoms with E-state index in [1.807, 2.05) is 4.72 Å². The molecule has 0 spiro atoms. The summed E-state index contributed by atoms with van der Waals surface area (Å²) in [7, 11) is -4.12. The molecule has 0 radical (unpaired) electrons. The number of carboxylic acid groups (broad SMARTS) is 1. The third-order valence-electron chi connectivity index (χ3n) is 4.54. The molecule has 0 aliphatic rings. The molecule has 0 aliphatic carbocycles. The number of fused-ring (bicyclic) bond motifs is 1. The standard InChI is InChI=1S/C21H22N4O7S/c22-8-9-32-16-7-6-15-10-14(11-19(26)25(15)13-16)20(27)23-12-18(21(28)29)24-33(30,31)17-4-2-1-3-5-17/h1-7,10-11,13,18,24H,8-9,12,22H2,(H,23,27)(H,28,29)/t18-/m0/s1. The zero-order valence-electron chi connectivity index (χ0n) is 17.3. The smallest absolute Gasteiger partial charge is 0.323 e. The topological polar surface area (TPSA) is 169 Å². The van der Waals surface area contributed by atoms with Crippen LogP contribution in [0.5, 0.6) is 5.75 Å². The van der Waals surface area contributed by atoms with Crippen molar-refractivity contribution in [3.8, 4) is 5.75 Å². The number of nitrogens with one attached hydrogen (secondary N) is 2. The van der Waals surface area contributed by atoms with Gasteiger partial charge in [0.25, 0.3) is 11.5 Å². The van der Waals surface area contributed by atoms with Crippen LogP contribution in [0.15, 0.2) is 70.5 Å². The number of nitrogens with two attached hydrogens (primary N) is 1. The van der Waals surface area contributed by atoms with Crippen LogP contribution in [-0.4, -0.2) is 55.5 Å². The van der Waals surface area contributed by atoms with E-state index in [4.69, 9.17) is 10.5 Å². The average Bonchev–Trinajstić information content (AvgIpc) is 2.80. The number of hydrogen-bond donors (Lipinski definition) is 4. The van der Waals surface area contributed by atoms with Crippen LogP contribution in [-0.2, 0) is 14.8 Å². The van der Waals surface area contributed by atoms with Crippen LogP contribution < -0.4 is 26.1 Å². The highest BCUT2D eigenvalue weighted by molar-refractivity contribution is 7.89. The van der Waals surface area contributed by atoms with Gasteiger partial charge in [-0.05, 0) is 30.3 Å². The van der Waals surface area contributed by atoms with Crippen LogP contribution >= 0.6 is 0 Å². The molecular formula is C21H22N4O7S. The Morgan fingerprint density at radius 1 is 1.12 bits per heavy atom. The fraction of sp³-hybridized carbons (Fsp3) is 0.190. The van der Waals surface area contributed by atoms with Gasteiger partial charge in [0.15, 0.2) is 0 Å². The Labute approximate surface area is 188 Å². The minimum absolute atomic E-state index is 0.00863. The number of carbonyl (C=O) groups excluding carboxylic acids is 1. The number of nitrogens with zero attached hydrogens (tertiary/aromatic N) is 1. The number of hydrogen-bond acceptors (Lipinski definition) is 7. The molecule has 0 aliphatic heterocycles. The summed E-state index contributed by atoms with van der Waals surface area (Å²) < 4.78 is 33.5. The quantitative estimate of drug-likeness (QED) is 0.313. The first-order valence-electron chi connectivity index (χ1n) is 9.79. The van der Waals surface area contributed by atoms with E-state index < -0.39 is 40.0 Å². The first-order valence-corrected chi connectivity index (χ1v) is 11.3. The molecule has 0 fully saturated rings. The minimum atomic E-state index is -4.12. The van der Waals surface area contributed by atoms with Crippen LogP contribution in [0.25, 0.3) is 5.52 Å². The van der Waals surface area contributed by atoms with Gasteiger partial charge in [-0.15, -0.1) is 0 Å². The predicted octanol–water partition coefficient (Wildman–Crippen LogP) is -0.201. The van der Waals surface area contributed by atoms with Gasteiger partial charge in [0, 0.05) is 30.2 Å². The van der Waals surface area contributed by atoms with E-state index >= 15 is 0 Å². The van der Waals surface area contributed by atoms with E-state index in [-0.39, 0.29) is 17.1 Å². The summed E-state index contributed by atoms with van der Waals surface area (Å²) in [6.07, 6.45) is 1.47. The van der Waals surface area contributed by atoms with Crippen molar-refractivity contribution < 1.29 is 27.9 Å². The van der Waals surface area contributed by atoms with Crippen LogP contribution in [0.4, 0.5) is 0 Å². The maximum atomic E-state index is 12.5. The molecule has 12 heteroatoms. The summed E-state index contributed by atoms with van der Waals surface area (Å²) in [5.41, 5.74) is 5.29. The molecule has 0 saturated carbocycles. The molecule has 1 atom stereocenters. The third kappa shape index (κ3) is 5.94. The number of amides is 1. The maximum Gasteiger partial charge on any atom is 0.323 e. The summed E-state index contributed by atoms with van der Waals surface area (Å²) in [5, 5.41) is 11.7. The van der Waals surface area contributed by atoms with Gasteiger partial charge in [-0.25, -0.2) is 8.42 Å². The van der Waals surface area contributed by atoms with Crippen molar-refractivity contribution in [2.24, 2.45) is 5.73 Å². The molecule has 2 heterocycles. The van der Waals surface area contributed by atoms with E-state index in [1.54, 1.807) is 18.2 Å². The summed E-state index contributed by atoms with van der Waals surface area (Å²) in [6, 6.07) is 11.3. The second kappa shape index (κ2) is 10.3. The number of aliphatic carboxylic acids is 1. The second-order valence-electron chi connectivity index (χ2n) is 6.91. The number of pyridine rings is 2. The number of aromatic nitrogens is 1. The molecule has 2 aromatic heterocycles. The van der Waals surface area contributed by atoms with Crippen molar-refractivity contribution in [3.05, 3.63) is 76.7 Å². The zero-order valence-corrected chi connectivity index (χ0v) is 18.1. The highest BCUT2D eigenvalue weighted by Gasteiger charge is 2.26. The molecule has 0 bridgehead atoms. The van der Waals surface area contributed by atoms with Crippen molar-refractivity contribution in [1.82, 2.24) is 14.4 Å². The Hall–Kier alpha value is -3.74. The molecule has 3 aromatic rings. The lowest BCUT2D eigenvalue weighted by Crippen LogP contribution is -2.48. The Bertz CT molecular complexity index is 1320. The number of benzene rings is 1. The molecule has 1 amide bonds. The zero-order chi connectivity index (χ0) is 24.0. The molecule has 174 valence electrons. The van der Waals surface area contributed by atoms with E-state index in [1.165, 1.54) is 40.9 Å². The monoisotopic (exact) mass is 474 g/mol. The largest absolute Gasteiger partial charge is 0.491 e. The third-order valence-corrected chi connectivity index (χ3v) is 6.02. The van der Waals surface area contributed by atoms with Gasteiger partial charge in [0.2, 0.25) is 10.0 Å². The number of carboxylic acids is 1. The molecule has 1 aromatic carbocycles. The first-order chi connectivity index (χ1) is 15.7. The van der Waals surface area contributed by atoms with Gasteiger partial charge in [-0.3, -0.25) is 18.8 Å². The van der Waals surface area contributed by atoms with E-state index in [2.05, 4.69) is 5.32 Å². The SMILES string of the molecule is NCCOc1ccc2cc(C(=O)NC[C@H](NS(=O)(=O)c3ccccc3)C(=O)O)cc(=O)n2c1. The van der Waals surface area contributed by atoms with E-state index in [0.29, 0.717) is 17.8 Å². The summed E-state index contributed by atoms with van der Waals surface area (Å²) in [6.45, 7) is 0.0515. The average molecular weight is 474 g/mol. The van der Waals surface area contributed by atoms with Crippen LogP contribution in [0.1, 0.15) is 10.4 Å². The van der Waals surface area contributed by atoms with Crippen LogP contribution in [0, 0.1) is 0 Å². The van der Waals surface area contributed by atoms with Crippen LogP contribution in [0.3, 0.4) is 0 Å². The number of ether oxygens (including phenoxy) is 1. The molecule has 0 saturated heterocycles. The van der Waals surface area contributed by atoms with Crippen molar-refractivity contribution in [2.45, 2.75) is 10.9 Å². The van der Waals surface area contributed by atoms with Gasteiger partial charge in [0.1, 0.15) is 18.4 Å². The molecule has 3 rings (SSSR count). The van der Waals surface area contributed by atoms with E-state index in [0.717, 1.165) is 6.07 Å². The Morgan fingerprint density at radius 2 is 1.85 bits per heavy atom. The Balaban J connectivity index is 1.74. The normalized spacial score (nSPS) is 12.3. The maximum absolute atomic E-state index is 12.5. The molecule has 5 N–H and O–H groups in total. The highest BCUT2D eigenvalue weighted by atomic mass is 32.2. The molecule has 0 unspecified atom stereocenters. The van der Waals surface area contributed by atoms with Crippen molar-refractivity contribution >= 4 is 27.4 Å². The summed E-state index contributed by atoms with van der Waals surface area (Å²) >= 11 is 0. The minimum Gasteiger partial charge on any atom is -0.491 e. The van der Waals surface area contributed by atoms with Gasteiger partial charge in [-0.2, -0.15) is 4.72 Å². The number of carbonyl (C=O) groups is 2. The van der Waals surface area contributed by atoms with Crippen molar-refractivity contribution in [1.29, 1.82) is 0 Å². The van der Waals surface area contributed by atoms with Crippen molar-refractivity contribution in [2.75, 3.05) is 19.7 Å². The number of sulfonamides is 1. The molecular weight excluding hydrogens is 452 g/mol. The van der Waals surface area contributed by atoms with E-state index in [9.17, 15) is 27.9 Å². The van der Waals surface area contributed by atoms with Gasteiger partial charge in [-0.1, -0.05) is 18.2 Å². The van der Waals surface area contributed by atoms with Gasteiger partial charge >= 0.3 is 5.97 Å². The van der Waals surface area contributed by atoms with Gasteiger partial charge < -0.3 is 20.9 Å². The summed E-state index contributed by atoms with van der Waals surface area (Å²) in [4.78, 5) is 36.4. The highest BCUT2D eigenvalue weighted by Crippen LogP contribution is 2.13.